The van der Waals surface area contributed by atoms with E-state index in [9.17, 15) is 9.59 Å². The Balaban J connectivity index is 1.39. The number of ether oxygens (including phenoxy) is 2. The van der Waals surface area contributed by atoms with E-state index in [0.29, 0.717) is 24.3 Å². The van der Waals surface area contributed by atoms with E-state index >= 15 is 0 Å². The highest BCUT2D eigenvalue weighted by atomic mass is 32.2. The van der Waals surface area contributed by atoms with Crippen molar-refractivity contribution in [1.82, 2.24) is 0 Å². The summed E-state index contributed by atoms with van der Waals surface area (Å²) in [6.07, 6.45) is 11.5. The van der Waals surface area contributed by atoms with E-state index < -0.39 is 0 Å². The Morgan fingerprint density at radius 1 is 0.657 bits per heavy atom. The van der Waals surface area contributed by atoms with E-state index in [1.165, 1.54) is 56.3 Å². The van der Waals surface area contributed by atoms with Crippen molar-refractivity contribution < 1.29 is 19.1 Å². The molecule has 5 nitrogen and oxygen atoms in total. The van der Waals surface area contributed by atoms with Crippen LogP contribution in [0.3, 0.4) is 0 Å². The van der Waals surface area contributed by atoms with Gasteiger partial charge >= 0.3 is 11.9 Å². The molecule has 0 aliphatic rings. The molecular weight excluding hydrogens is 458 g/mol. The van der Waals surface area contributed by atoms with Crippen LogP contribution in [0.1, 0.15) is 92.4 Å². The summed E-state index contributed by atoms with van der Waals surface area (Å²) in [5.41, 5.74) is 2.26. The molecule has 0 fully saturated rings. The van der Waals surface area contributed by atoms with Gasteiger partial charge < -0.3 is 14.8 Å². The number of esters is 2. The number of rotatable bonds is 18. The predicted octanol–water partition coefficient (Wildman–Crippen LogP) is 7.76. The smallest absolute Gasteiger partial charge is 0.338 e. The summed E-state index contributed by atoms with van der Waals surface area (Å²) < 4.78 is 10.0. The van der Waals surface area contributed by atoms with Gasteiger partial charge in [-0.05, 0) is 81.0 Å². The van der Waals surface area contributed by atoms with Crippen LogP contribution in [0.15, 0.2) is 53.4 Å². The number of carbonyl (C=O) groups is 2. The third-order valence-electron chi connectivity index (χ3n) is 5.68. The first-order valence-electron chi connectivity index (χ1n) is 13.0. The highest BCUT2D eigenvalue weighted by Gasteiger charge is 2.06. The van der Waals surface area contributed by atoms with Gasteiger partial charge in [0, 0.05) is 17.1 Å². The Morgan fingerprint density at radius 2 is 1.11 bits per heavy atom. The van der Waals surface area contributed by atoms with Gasteiger partial charge in [0.25, 0.3) is 0 Å². The van der Waals surface area contributed by atoms with Crippen LogP contribution in [0.5, 0.6) is 0 Å². The molecular formula is C29H41NO4S. The second-order valence-electron chi connectivity index (χ2n) is 8.50. The van der Waals surface area contributed by atoms with Crippen LogP contribution < -0.4 is 5.32 Å². The Kier molecular flexibility index (Phi) is 14.7. The number of nitrogens with one attached hydrogen (secondary N) is 1. The minimum Gasteiger partial charge on any atom is -0.462 e. The van der Waals surface area contributed by atoms with Crippen molar-refractivity contribution in [3.63, 3.8) is 0 Å². The molecule has 192 valence electrons. The maximum atomic E-state index is 11.7. The molecule has 0 amide bonds. The summed E-state index contributed by atoms with van der Waals surface area (Å²) in [5.74, 6) is 0.606. The average Bonchev–Trinajstić information content (AvgIpc) is 2.88. The highest BCUT2D eigenvalue weighted by Crippen LogP contribution is 2.21. The lowest BCUT2D eigenvalue weighted by Crippen LogP contribution is -2.05. The number of thioether (sulfide) groups is 1. The van der Waals surface area contributed by atoms with Crippen molar-refractivity contribution in [1.29, 1.82) is 0 Å². The van der Waals surface area contributed by atoms with Gasteiger partial charge in [-0.2, -0.15) is 0 Å². The number of unbranched alkanes of at least 4 members (excludes halogenated alkanes) is 8. The molecule has 35 heavy (non-hydrogen) atoms. The van der Waals surface area contributed by atoms with Crippen LogP contribution in [0.2, 0.25) is 0 Å². The van der Waals surface area contributed by atoms with Crippen LogP contribution >= 0.6 is 11.8 Å². The predicted molar refractivity (Wildman–Crippen MR) is 146 cm³/mol. The van der Waals surface area contributed by atoms with E-state index in [1.807, 2.05) is 74.1 Å². The molecule has 1 N–H and O–H groups in total. The van der Waals surface area contributed by atoms with Crippen molar-refractivity contribution in [2.75, 3.05) is 30.8 Å². The molecule has 0 atom stereocenters. The summed E-state index contributed by atoms with van der Waals surface area (Å²) in [5, 5.41) is 3.42. The molecule has 2 aromatic rings. The first-order valence-corrected chi connectivity index (χ1v) is 14.0. The number of carbonyl (C=O) groups excluding carboxylic acids is 2. The van der Waals surface area contributed by atoms with Crippen molar-refractivity contribution in [3.05, 3.63) is 59.7 Å². The first-order chi connectivity index (χ1) is 17.1. The van der Waals surface area contributed by atoms with E-state index in [1.54, 1.807) is 0 Å². The van der Waals surface area contributed by atoms with Gasteiger partial charge in [-0.3, -0.25) is 0 Å². The fourth-order valence-corrected chi connectivity index (χ4v) is 4.64. The summed E-state index contributed by atoms with van der Waals surface area (Å²) in [7, 11) is 0. The molecule has 2 aromatic carbocycles. The van der Waals surface area contributed by atoms with Crippen molar-refractivity contribution in [3.8, 4) is 0 Å². The zero-order valence-corrected chi connectivity index (χ0v) is 22.2. The monoisotopic (exact) mass is 499 g/mol. The second kappa shape index (κ2) is 17.9. The Hall–Kier alpha value is -2.47. The van der Waals surface area contributed by atoms with Gasteiger partial charge in [0.2, 0.25) is 0 Å². The standard InChI is InChI=1S/C29H41NO4S/c1-3-33-28(31)24-14-18-26(19-15-24)30-22-12-10-8-6-5-7-9-11-13-23-35-27-20-16-25(17-21-27)29(32)34-4-2/h14-21,30H,3-13,22-23H2,1-2H3. The fraction of sp³-hybridized carbons (Fsp3) is 0.517. The lowest BCUT2D eigenvalue weighted by molar-refractivity contribution is 0.0516. The number of hydrogen-bond donors (Lipinski definition) is 1. The molecule has 0 aliphatic carbocycles. The van der Waals surface area contributed by atoms with Crippen molar-refractivity contribution in [2.45, 2.75) is 76.5 Å². The lowest BCUT2D eigenvalue weighted by Gasteiger charge is -2.07. The van der Waals surface area contributed by atoms with Gasteiger partial charge in [-0.1, -0.05) is 44.9 Å². The number of hydrogen-bond acceptors (Lipinski definition) is 6. The van der Waals surface area contributed by atoms with Gasteiger partial charge in [-0.15, -0.1) is 11.8 Å². The van der Waals surface area contributed by atoms with Gasteiger partial charge in [0.1, 0.15) is 0 Å². The summed E-state index contributed by atoms with van der Waals surface area (Å²) in [4.78, 5) is 24.6. The first kappa shape index (κ1) is 28.8. The zero-order valence-electron chi connectivity index (χ0n) is 21.4. The average molecular weight is 500 g/mol. The molecule has 0 heterocycles. The molecule has 0 radical (unpaired) electrons. The zero-order chi connectivity index (χ0) is 25.1. The van der Waals surface area contributed by atoms with Gasteiger partial charge in [-0.25, -0.2) is 9.59 Å². The van der Waals surface area contributed by atoms with Crippen LogP contribution in [-0.2, 0) is 9.47 Å². The minimum atomic E-state index is -0.266. The summed E-state index contributed by atoms with van der Waals surface area (Å²) in [6, 6.07) is 15.2. The van der Waals surface area contributed by atoms with E-state index in [2.05, 4.69) is 5.32 Å². The van der Waals surface area contributed by atoms with Crippen molar-refractivity contribution in [2.24, 2.45) is 0 Å². The van der Waals surface area contributed by atoms with Crippen LogP contribution in [0.4, 0.5) is 5.69 Å². The molecule has 0 bridgehead atoms. The third-order valence-corrected chi connectivity index (χ3v) is 6.78. The maximum Gasteiger partial charge on any atom is 0.338 e. The van der Waals surface area contributed by atoms with Crippen LogP contribution in [0.25, 0.3) is 0 Å². The Morgan fingerprint density at radius 3 is 1.63 bits per heavy atom. The topological polar surface area (TPSA) is 64.6 Å². The van der Waals surface area contributed by atoms with E-state index in [0.717, 1.165) is 24.4 Å². The lowest BCUT2D eigenvalue weighted by atomic mass is 10.1. The largest absolute Gasteiger partial charge is 0.462 e. The molecule has 2 rings (SSSR count). The Bertz CT molecular complexity index is 780. The second-order valence-corrected chi connectivity index (χ2v) is 9.67. The summed E-state index contributed by atoms with van der Waals surface area (Å²) in [6.45, 7) is 5.40. The molecule has 0 aliphatic heterocycles. The molecule has 0 aromatic heterocycles. The molecule has 0 spiro atoms. The van der Waals surface area contributed by atoms with Crippen molar-refractivity contribution >= 4 is 29.4 Å². The Labute approximate surface area is 215 Å². The molecule has 0 saturated carbocycles. The third kappa shape index (κ3) is 12.2. The quantitative estimate of drug-likeness (QED) is 0.128. The SMILES string of the molecule is CCOC(=O)c1ccc(NCCCCCCCCCCCSc2ccc(C(=O)OCC)cc2)cc1. The fourth-order valence-electron chi connectivity index (χ4n) is 3.73. The minimum absolute atomic E-state index is 0.250. The molecule has 6 heteroatoms. The van der Waals surface area contributed by atoms with Crippen LogP contribution in [-0.4, -0.2) is 37.4 Å². The van der Waals surface area contributed by atoms with Gasteiger partial charge in [0.05, 0.1) is 24.3 Å². The van der Waals surface area contributed by atoms with E-state index in [-0.39, 0.29) is 11.9 Å². The maximum absolute atomic E-state index is 11.7. The normalized spacial score (nSPS) is 10.7. The number of anilines is 1. The van der Waals surface area contributed by atoms with E-state index in [4.69, 9.17) is 9.47 Å². The number of benzene rings is 2. The van der Waals surface area contributed by atoms with Crippen LogP contribution in [0, 0.1) is 0 Å². The van der Waals surface area contributed by atoms with Gasteiger partial charge in [0.15, 0.2) is 0 Å². The molecule has 0 unspecified atom stereocenters. The highest BCUT2D eigenvalue weighted by molar-refractivity contribution is 7.99. The molecule has 0 saturated heterocycles. The summed E-state index contributed by atoms with van der Waals surface area (Å²) >= 11 is 1.86.